The van der Waals surface area contributed by atoms with E-state index in [0.717, 1.165) is 6.54 Å². The summed E-state index contributed by atoms with van der Waals surface area (Å²) in [4.78, 5) is 2.52. The molecule has 0 amide bonds. The number of piperidine rings is 1. The van der Waals surface area contributed by atoms with Crippen LogP contribution < -0.4 is 18.9 Å². The molecule has 0 atom stereocenters. The van der Waals surface area contributed by atoms with Gasteiger partial charge in [0.1, 0.15) is 0 Å². The minimum absolute atomic E-state index is 0. The van der Waals surface area contributed by atoms with Gasteiger partial charge < -0.3 is 1.43 Å². The molecule has 1 aliphatic rings. The first-order valence-electron chi connectivity index (χ1n) is 4.27. The molecule has 0 N–H and O–H groups in total. The predicted octanol–water partition coefficient (Wildman–Crippen LogP) is -0.835. The second-order valence-electron chi connectivity index (χ2n) is 2.93. The van der Waals surface area contributed by atoms with Gasteiger partial charge in [-0.3, -0.25) is 4.90 Å². The van der Waals surface area contributed by atoms with Crippen molar-refractivity contribution in [2.24, 2.45) is 0 Å². The topological polar surface area (TPSA) is 3.24 Å². The molecular formula is C9H18LiN. The molecule has 1 aliphatic heterocycles. The Hall–Kier alpha value is 0.297. The molecule has 0 radical (unpaired) electrons. The van der Waals surface area contributed by atoms with E-state index in [9.17, 15) is 0 Å². The van der Waals surface area contributed by atoms with Crippen LogP contribution in [0.2, 0.25) is 0 Å². The summed E-state index contributed by atoms with van der Waals surface area (Å²) in [6, 6.07) is 0. The van der Waals surface area contributed by atoms with Crippen molar-refractivity contribution in [3.63, 3.8) is 0 Å². The zero-order valence-corrected chi connectivity index (χ0v) is 7.84. The largest absolute Gasteiger partial charge is 1.00 e. The summed E-state index contributed by atoms with van der Waals surface area (Å²) in [5.74, 6) is 0. The Morgan fingerprint density at radius 3 is 2.45 bits per heavy atom. The normalized spacial score (nSPS) is 20.1. The molecule has 0 aromatic heterocycles. The molecular weight excluding hydrogens is 129 g/mol. The smallest absolute Gasteiger partial charge is 1.00 e. The third-order valence-electron chi connectivity index (χ3n) is 2.05. The summed E-state index contributed by atoms with van der Waals surface area (Å²) in [5, 5.41) is 0. The number of nitrogens with zero attached hydrogens (tertiary/aromatic N) is 1. The quantitative estimate of drug-likeness (QED) is 0.364. The molecule has 1 nitrogen and oxygen atoms in total. The molecule has 0 spiro atoms. The van der Waals surface area contributed by atoms with E-state index in [1.54, 1.807) is 0 Å². The maximum Gasteiger partial charge on any atom is 1.00 e. The zero-order chi connectivity index (χ0) is 7.23. The van der Waals surface area contributed by atoms with Crippen LogP contribution in [0.3, 0.4) is 0 Å². The molecule has 0 bridgehead atoms. The maximum atomic E-state index is 2.52. The van der Waals surface area contributed by atoms with Crippen LogP contribution >= 0.6 is 0 Å². The molecule has 0 aromatic rings. The average Bonchev–Trinajstić information content (AvgIpc) is 2.03. The van der Waals surface area contributed by atoms with Gasteiger partial charge in [-0.05, 0) is 32.9 Å². The van der Waals surface area contributed by atoms with E-state index < -0.39 is 0 Å². The number of hydrogen-bond acceptors (Lipinski definition) is 1. The van der Waals surface area contributed by atoms with Crippen LogP contribution in [0.4, 0.5) is 0 Å². The SMILES string of the molecule is C/C=C/CN1CCCCC1.[H-].[Li+]. The molecule has 1 heterocycles. The van der Waals surface area contributed by atoms with Gasteiger partial charge in [0.2, 0.25) is 0 Å². The van der Waals surface area contributed by atoms with Gasteiger partial charge in [-0.25, -0.2) is 0 Å². The first-order valence-corrected chi connectivity index (χ1v) is 4.27. The minimum Gasteiger partial charge on any atom is -1.00 e. The fourth-order valence-corrected chi connectivity index (χ4v) is 1.40. The van der Waals surface area contributed by atoms with Crippen LogP contribution in [0, 0.1) is 0 Å². The Labute approximate surface area is 83.5 Å². The number of rotatable bonds is 2. The van der Waals surface area contributed by atoms with Crippen LogP contribution in [-0.4, -0.2) is 24.5 Å². The van der Waals surface area contributed by atoms with Gasteiger partial charge in [0.15, 0.2) is 0 Å². The van der Waals surface area contributed by atoms with Crippen LogP contribution in [0.25, 0.3) is 0 Å². The molecule has 1 rings (SSSR count). The summed E-state index contributed by atoms with van der Waals surface area (Å²) in [5.41, 5.74) is 0. The summed E-state index contributed by atoms with van der Waals surface area (Å²) in [6.07, 6.45) is 8.61. The Bertz CT molecular complexity index is 111. The van der Waals surface area contributed by atoms with Crippen LogP contribution in [0.15, 0.2) is 12.2 Å². The second kappa shape index (κ2) is 6.97. The number of allylic oxidation sites excluding steroid dienone is 1. The van der Waals surface area contributed by atoms with Crippen molar-refractivity contribution in [2.75, 3.05) is 19.6 Å². The van der Waals surface area contributed by atoms with E-state index in [2.05, 4.69) is 24.0 Å². The summed E-state index contributed by atoms with van der Waals surface area (Å²) in [6.45, 7) is 5.87. The van der Waals surface area contributed by atoms with Gasteiger partial charge in [-0.15, -0.1) is 0 Å². The zero-order valence-electron chi connectivity index (χ0n) is 8.84. The van der Waals surface area contributed by atoms with Gasteiger partial charge in [-0.1, -0.05) is 18.6 Å². The summed E-state index contributed by atoms with van der Waals surface area (Å²) < 4.78 is 0. The van der Waals surface area contributed by atoms with Gasteiger partial charge in [0.05, 0.1) is 0 Å². The molecule has 0 saturated carbocycles. The Kier molecular flexibility index (Phi) is 7.16. The third kappa shape index (κ3) is 4.69. The van der Waals surface area contributed by atoms with Gasteiger partial charge in [0, 0.05) is 6.54 Å². The fraction of sp³-hybridized carbons (Fsp3) is 0.778. The van der Waals surface area contributed by atoms with Crippen molar-refractivity contribution in [3.05, 3.63) is 12.2 Å². The second-order valence-corrected chi connectivity index (χ2v) is 2.93. The number of likely N-dealkylation sites (tertiary alicyclic amines) is 1. The molecule has 0 aromatic carbocycles. The Morgan fingerprint density at radius 2 is 1.91 bits per heavy atom. The molecule has 1 fully saturated rings. The van der Waals surface area contributed by atoms with E-state index >= 15 is 0 Å². The average molecular weight is 147 g/mol. The first-order chi connectivity index (χ1) is 4.93. The standard InChI is InChI=1S/C9H17N.Li.H/c1-2-3-7-10-8-5-4-6-9-10;;/h2-3H,4-9H2,1H3;;/q;+1;-1/b3-2+;;. The molecule has 1 saturated heterocycles. The molecule has 0 aliphatic carbocycles. The Balaban J connectivity index is 0. The molecule has 0 unspecified atom stereocenters. The van der Waals surface area contributed by atoms with E-state index in [1.165, 1.54) is 32.4 Å². The molecule has 2 heteroatoms. The van der Waals surface area contributed by atoms with Crippen molar-refractivity contribution >= 4 is 0 Å². The first kappa shape index (κ1) is 11.3. The minimum atomic E-state index is 0. The fourth-order valence-electron chi connectivity index (χ4n) is 1.40. The van der Waals surface area contributed by atoms with E-state index in [1.807, 2.05) is 0 Å². The van der Waals surface area contributed by atoms with Crippen molar-refractivity contribution in [2.45, 2.75) is 26.2 Å². The number of hydrogen-bond donors (Lipinski definition) is 0. The van der Waals surface area contributed by atoms with Crippen LogP contribution in [0.5, 0.6) is 0 Å². The molecule has 11 heavy (non-hydrogen) atoms. The van der Waals surface area contributed by atoms with E-state index in [4.69, 9.17) is 0 Å². The van der Waals surface area contributed by atoms with Crippen molar-refractivity contribution < 1.29 is 20.3 Å². The monoisotopic (exact) mass is 147 g/mol. The molecule has 60 valence electrons. The van der Waals surface area contributed by atoms with Gasteiger partial charge in [0.25, 0.3) is 0 Å². The Morgan fingerprint density at radius 1 is 1.27 bits per heavy atom. The maximum absolute atomic E-state index is 2.52. The summed E-state index contributed by atoms with van der Waals surface area (Å²) in [7, 11) is 0. The summed E-state index contributed by atoms with van der Waals surface area (Å²) >= 11 is 0. The van der Waals surface area contributed by atoms with Crippen molar-refractivity contribution in [1.29, 1.82) is 0 Å². The van der Waals surface area contributed by atoms with E-state index in [0.29, 0.717) is 0 Å². The van der Waals surface area contributed by atoms with Crippen molar-refractivity contribution in [3.8, 4) is 0 Å². The van der Waals surface area contributed by atoms with Gasteiger partial charge in [-0.2, -0.15) is 0 Å². The van der Waals surface area contributed by atoms with Gasteiger partial charge >= 0.3 is 18.9 Å². The van der Waals surface area contributed by atoms with Crippen molar-refractivity contribution in [1.82, 2.24) is 4.90 Å². The van der Waals surface area contributed by atoms with Crippen LogP contribution in [0.1, 0.15) is 27.6 Å². The predicted molar refractivity (Wildman–Crippen MR) is 46.2 cm³/mol. The van der Waals surface area contributed by atoms with E-state index in [-0.39, 0.29) is 20.3 Å². The third-order valence-corrected chi connectivity index (χ3v) is 2.05. The van der Waals surface area contributed by atoms with Crippen LogP contribution in [-0.2, 0) is 0 Å².